The lowest BCUT2D eigenvalue weighted by Crippen LogP contribution is -2.15. The van der Waals surface area contributed by atoms with Gasteiger partial charge < -0.3 is 15.2 Å². The van der Waals surface area contributed by atoms with E-state index in [1.165, 1.54) is 0 Å². The first-order valence-corrected chi connectivity index (χ1v) is 4.32. The van der Waals surface area contributed by atoms with Gasteiger partial charge in [-0.25, -0.2) is 4.79 Å². The molecule has 76 valence electrons. The first kappa shape index (κ1) is 10.4. The monoisotopic (exact) mass is 195 g/mol. The highest BCUT2D eigenvalue weighted by Crippen LogP contribution is 2.15. The minimum atomic E-state index is -0.717. The molecule has 0 amide bonds. The molecule has 4 heteroatoms. The van der Waals surface area contributed by atoms with Crippen LogP contribution >= 0.6 is 0 Å². The number of hydrogen-bond donors (Lipinski definition) is 1. The molecule has 0 spiro atoms. The van der Waals surface area contributed by atoms with Crippen LogP contribution in [0.1, 0.15) is 13.8 Å². The second kappa shape index (κ2) is 4.50. The molecule has 0 saturated heterocycles. The summed E-state index contributed by atoms with van der Waals surface area (Å²) >= 11 is 0. The maximum Gasteiger partial charge on any atom is 0.514 e. The molecule has 0 aliphatic carbocycles. The Kier molecular flexibility index (Phi) is 3.34. The van der Waals surface area contributed by atoms with E-state index in [0.717, 1.165) is 0 Å². The van der Waals surface area contributed by atoms with E-state index >= 15 is 0 Å². The van der Waals surface area contributed by atoms with Crippen molar-refractivity contribution in [2.45, 2.75) is 20.0 Å². The SMILES string of the molecule is CC(C)OC(=O)Oc1cccc(N)c1. The smallest absolute Gasteiger partial charge is 0.431 e. The van der Waals surface area contributed by atoms with Crippen molar-refractivity contribution in [3.8, 4) is 5.75 Å². The van der Waals surface area contributed by atoms with E-state index in [-0.39, 0.29) is 6.10 Å². The first-order valence-electron chi connectivity index (χ1n) is 4.32. The molecule has 1 aromatic carbocycles. The van der Waals surface area contributed by atoms with Crippen LogP contribution in [-0.2, 0) is 4.74 Å². The lowest BCUT2D eigenvalue weighted by atomic mass is 10.3. The molecule has 2 N–H and O–H groups in total. The second-order valence-corrected chi connectivity index (χ2v) is 3.09. The van der Waals surface area contributed by atoms with Crippen molar-refractivity contribution in [3.05, 3.63) is 24.3 Å². The fourth-order valence-corrected chi connectivity index (χ4v) is 0.891. The summed E-state index contributed by atoms with van der Waals surface area (Å²) in [5, 5.41) is 0. The minimum absolute atomic E-state index is 0.191. The van der Waals surface area contributed by atoms with E-state index < -0.39 is 6.16 Å². The fourth-order valence-electron chi connectivity index (χ4n) is 0.891. The van der Waals surface area contributed by atoms with Crippen molar-refractivity contribution in [1.29, 1.82) is 0 Å². The fraction of sp³-hybridized carbons (Fsp3) is 0.300. The van der Waals surface area contributed by atoms with Gasteiger partial charge in [-0.1, -0.05) is 6.07 Å². The van der Waals surface area contributed by atoms with Crippen LogP contribution in [0.25, 0.3) is 0 Å². The van der Waals surface area contributed by atoms with E-state index in [2.05, 4.69) is 0 Å². The van der Waals surface area contributed by atoms with Crippen molar-refractivity contribution in [3.63, 3.8) is 0 Å². The highest BCUT2D eigenvalue weighted by molar-refractivity contribution is 5.64. The van der Waals surface area contributed by atoms with Gasteiger partial charge in [0.15, 0.2) is 0 Å². The minimum Gasteiger partial charge on any atom is -0.431 e. The summed E-state index contributed by atoms with van der Waals surface area (Å²) in [4.78, 5) is 11.0. The summed E-state index contributed by atoms with van der Waals surface area (Å²) in [6, 6.07) is 6.60. The van der Waals surface area contributed by atoms with E-state index in [4.69, 9.17) is 15.2 Å². The molecule has 0 aliphatic heterocycles. The number of carbonyl (C=O) groups is 1. The third kappa shape index (κ3) is 3.35. The zero-order valence-corrected chi connectivity index (χ0v) is 8.19. The van der Waals surface area contributed by atoms with Gasteiger partial charge in [-0.15, -0.1) is 0 Å². The van der Waals surface area contributed by atoms with Gasteiger partial charge in [0, 0.05) is 11.8 Å². The van der Waals surface area contributed by atoms with Gasteiger partial charge in [-0.2, -0.15) is 0 Å². The van der Waals surface area contributed by atoms with Gasteiger partial charge in [0.05, 0.1) is 6.10 Å². The molecule has 4 nitrogen and oxygen atoms in total. The van der Waals surface area contributed by atoms with Crippen LogP contribution in [-0.4, -0.2) is 12.3 Å². The molecule has 14 heavy (non-hydrogen) atoms. The predicted octanol–water partition coefficient (Wildman–Crippen LogP) is 2.19. The Balaban J connectivity index is 2.56. The molecule has 0 unspecified atom stereocenters. The van der Waals surface area contributed by atoms with Gasteiger partial charge in [0.2, 0.25) is 0 Å². The average Bonchev–Trinajstić information content (AvgIpc) is 2.01. The van der Waals surface area contributed by atoms with Crippen LogP contribution in [0.15, 0.2) is 24.3 Å². The third-order valence-electron chi connectivity index (χ3n) is 1.39. The van der Waals surface area contributed by atoms with E-state index in [9.17, 15) is 4.79 Å². The number of ether oxygens (including phenoxy) is 2. The Labute approximate surface area is 82.6 Å². The molecule has 1 aromatic rings. The molecule has 0 aromatic heterocycles. The second-order valence-electron chi connectivity index (χ2n) is 3.09. The molecule has 0 atom stereocenters. The van der Waals surface area contributed by atoms with Crippen LogP contribution in [0.5, 0.6) is 5.75 Å². The Bertz CT molecular complexity index is 323. The van der Waals surface area contributed by atoms with E-state index in [1.807, 2.05) is 0 Å². The molecule has 0 radical (unpaired) electrons. The van der Waals surface area contributed by atoms with Gasteiger partial charge in [-0.3, -0.25) is 0 Å². The van der Waals surface area contributed by atoms with E-state index in [0.29, 0.717) is 11.4 Å². The molecule has 0 aliphatic rings. The number of hydrogen-bond acceptors (Lipinski definition) is 4. The molecule has 0 bridgehead atoms. The van der Waals surface area contributed by atoms with Gasteiger partial charge in [-0.05, 0) is 26.0 Å². The molecule has 0 saturated carbocycles. The zero-order valence-electron chi connectivity index (χ0n) is 8.19. The number of anilines is 1. The number of benzene rings is 1. The third-order valence-corrected chi connectivity index (χ3v) is 1.39. The summed E-state index contributed by atoms with van der Waals surface area (Å²) in [6.45, 7) is 3.50. The number of carbonyl (C=O) groups excluding carboxylic acids is 1. The van der Waals surface area contributed by atoms with Crippen molar-refractivity contribution < 1.29 is 14.3 Å². The maximum atomic E-state index is 11.0. The standard InChI is InChI=1S/C10H13NO3/c1-7(2)13-10(12)14-9-5-3-4-8(11)6-9/h3-7H,11H2,1-2H3. The Hall–Kier alpha value is -1.71. The summed E-state index contributed by atoms with van der Waals surface area (Å²) in [5.74, 6) is 0.385. The Morgan fingerprint density at radius 2 is 2.14 bits per heavy atom. The summed E-state index contributed by atoms with van der Waals surface area (Å²) < 4.78 is 9.66. The quantitative estimate of drug-likeness (QED) is 0.446. The topological polar surface area (TPSA) is 61.5 Å². The first-order chi connectivity index (χ1) is 6.58. The maximum absolute atomic E-state index is 11.0. The van der Waals surface area contributed by atoms with Crippen molar-refractivity contribution in [1.82, 2.24) is 0 Å². The highest BCUT2D eigenvalue weighted by Gasteiger charge is 2.07. The average molecular weight is 195 g/mol. The molecular formula is C10H13NO3. The zero-order chi connectivity index (χ0) is 10.6. The normalized spacial score (nSPS) is 9.93. The summed E-state index contributed by atoms with van der Waals surface area (Å²) in [5.41, 5.74) is 6.04. The summed E-state index contributed by atoms with van der Waals surface area (Å²) in [7, 11) is 0. The van der Waals surface area contributed by atoms with Crippen LogP contribution < -0.4 is 10.5 Å². The van der Waals surface area contributed by atoms with Crippen LogP contribution in [0.4, 0.5) is 10.5 Å². The summed E-state index contributed by atoms with van der Waals surface area (Å²) in [6.07, 6.45) is -0.908. The van der Waals surface area contributed by atoms with Crippen molar-refractivity contribution in [2.24, 2.45) is 0 Å². The van der Waals surface area contributed by atoms with Crippen molar-refractivity contribution >= 4 is 11.8 Å². The lowest BCUT2D eigenvalue weighted by Gasteiger charge is -2.08. The Morgan fingerprint density at radius 3 is 2.71 bits per heavy atom. The number of rotatable bonds is 2. The van der Waals surface area contributed by atoms with Gasteiger partial charge in [0.25, 0.3) is 0 Å². The van der Waals surface area contributed by atoms with Crippen LogP contribution in [0.2, 0.25) is 0 Å². The van der Waals surface area contributed by atoms with E-state index in [1.54, 1.807) is 38.1 Å². The molecule has 1 rings (SSSR count). The number of nitrogens with two attached hydrogens (primary N) is 1. The Morgan fingerprint density at radius 1 is 1.43 bits per heavy atom. The molecular weight excluding hydrogens is 182 g/mol. The largest absolute Gasteiger partial charge is 0.514 e. The van der Waals surface area contributed by atoms with Crippen molar-refractivity contribution in [2.75, 3.05) is 5.73 Å². The molecule has 0 heterocycles. The van der Waals surface area contributed by atoms with Crippen LogP contribution in [0, 0.1) is 0 Å². The molecule has 0 fully saturated rings. The predicted molar refractivity (Wildman–Crippen MR) is 53.1 cm³/mol. The van der Waals surface area contributed by atoms with Gasteiger partial charge in [0.1, 0.15) is 5.75 Å². The van der Waals surface area contributed by atoms with Crippen LogP contribution in [0.3, 0.4) is 0 Å². The lowest BCUT2D eigenvalue weighted by molar-refractivity contribution is 0.0729. The number of nitrogen functional groups attached to an aromatic ring is 1. The highest BCUT2D eigenvalue weighted by atomic mass is 16.7. The van der Waals surface area contributed by atoms with Gasteiger partial charge >= 0.3 is 6.16 Å².